The van der Waals surface area contributed by atoms with E-state index < -0.39 is 0 Å². The van der Waals surface area contributed by atoms with Crippen LogP contribution in [0.15, 0.2) is 24.3 Å². The monoisotopic (exact) mass is 258 g/mol. The topological polar surface area (TPSA) is 17.1 Å². The summed E-state index contributed by atoms with van der Waals surface area (Å²) >= 11 is 0. The molecule has 1 heteroatoms. The summed E-state index contributed by atoms with van der Waals surface area (Å²) in [4.78, 5) is 12.3. The van der Waals surface area contributed by atoms with Gasteiger partial charge >= 0.3 is 0 Å². The van der Waals surface area contributed by atoms with E-state index in [0.29, 0.717) is 11.7 Å². The number of Topliss-reactive ketones (excluding diaryl/α,β-unsaturated/α-hetero) is 1. The first-order valence-electron chi connectivity index (χ1n) is 7.77. The zero-order chi connectivity index (χ0) is 13.7. The van der Waals surface area contributed by atoms with Crippen LogP contribution in [0.4, 0.5) is 0 Å². The minimum Gasteiger partial charge on any atom is -0.299 e. The van der Waals surface area contributed by atoms with Crippen molar-refractivity contribution in [3.05, 3.63) is 35.4 Å². The van der Waals surface area contributed by atoms with Gasteiger partial charge in [0.2, 0.25) is 0 Å². The molecule has 0 aromatic heterocycles. The standard InChI is InChI=1S/C18H26O/c1-3-15-5-4-6-17(13-15)18(19)12-11-16-9-7-14(2)8-10-16/h7-10,15,17H,3-6,11-13H2,1-2H3. The molecule has 0 radical (unpaired) electrons. The smallest absolute Gasteiger partial charge is 0.136 e. The first kappa shape index (κ1) is 14.3. The Morgan fingerprint density at radius 2 is 1.95 bits per heavy atom. The quantitative estimate of drug-likeness (QED) is 0.747. The third-order valence-electron chi connectivity index (χ3n) is 4.60. The van der Waals surface area contributed by atoms with Crippen LogP contribution in [0.25, 0.3) is 0 Å². The highest BCUT2D eigenvalue weighted by Crippen LogP contribution is 2.32. The van der Waals surface area contributed by atoms with Crippen LogP contribution >= 0.6 is 0 Å². The van der Waals surface area contributed by atoms with Gasteiger partial charge in [-0.1, -0.05) is 56.0 Å². The molecule has 0 amide bonds. The molecule has 19 heavy (non-hydrogen) atoms. The van der Waals surface area contributed by atoms with Crippen LogP contribution in [0.5, 0.6) is 0 Å². The Morgan fingerprint density at radius 3 is 2.63 bits per heavy atom. The van der Waals surface area contributed by atoms with Crippen molar-refractivity contribution in [3.8, 4) is 0 Å². The number of carbonyl (C=O) groups is 1. The summed E-state index contributed by atoms with van der Waals surface area (Å²) in [6.45, 7) is 4.35. The zero-order valence-corrected chi connectivity index (χ0v) is 12.3. The maximum atomic E-state index is 12.3. The van der Waals surface area contributed by atoms with E-state index in [1.54, 1.807) is 0 Å². The highest BCUT2D eigenvalue weighted by Gasteiger charge is 2.25. The van der Waals surface area contributed by atoms with Gasteiger partial charge in [-0.25, -0.2) is 0 Å². The molecular weight excluding hydrogens is 232 g/mol. The van der Waals surface area contributed by atoms with Crippen molar-refractivity contribution in [2.45, 2.75) is 58.8 Å². The molecule has 2 unspecified atom stereocenters. The summed E-state index contributed by atoms with van der Waals surface area (Å²) in [6, 6.07) is 8.57. The summed E-state index contributed by atoms with van der Waals surface area (Å²) in [7, 11) is 0. The fourth-order valence-corrected chi connectivity index (χ4v) is 3.18. The maximum absolute atomic E-state index is 12.3. The molecule has 1 aliphatic rings. The van der Waals surface area contributed by atoms with Gasteiger partial charge in [-0.15, -0.1) is 0 Å². The van der Waals surface area contributed by atoms with E-state index in [2.05, 4.69) is 38.1 Å². The highest BCUT2D eigenvalue weighted by molar-refractivity contribution is 5.81. The molecule has 1 nitrogen and oxygen atoms in total. The van der Waals surface area contributed by atoms with Gasteiger partial charge in [0.05, 0.1) is 0 Å². The molecule has 0 heterocycles. The Morgan fingerprint density at radius 1 is 1.21 bits per heavy atom. The van der Waals surface area contributed by atoms with Gasteiger partial charge < -0.3 is 0 Å². The second kappa shape index (κ2) is 6.88. The van der Waals surface area contributed by atoms with Gasteiger partial charge in [0.15, 0.2) is 0 Å². The molecule has 0 spiro atoms. The lowest BCUT2D eigenvalue weighted by molar-refractivity contribution is -0.124. The minimum atomic E-state index is 0.351. The normalized spacial score (nSPS) is 23.3. The third kappa shape index (κ3) is 4.19. The van der Waals surface area contributed by atoms with Gasteiger partial charge in [-0.05, 0) is 37.7 Å². The average Bonchev–Trinajstić information content (AvgIpc) is 2.46. The third-order valence-corrected chi connectivity index (χ3v) is 4.60. The van der Waals surface area contributed by atoms with Crippen LogP contribution in [0.1, 0.15) is 56.6 Å². The molecule has 1 aromatic carbocycles. The van der Waals surface area contributed by atoms with Crippen LogP contribution in [0.3, 0.4) is 0 Å². The Hall–Kier alpha value is -1.11. The molecular formula is C18H26O. The molecule has 0 bridgehead atoms. The second-order valence-electron chi connectivity index (χ2n) is 6.09. The van der Waals surface area contributed by atoms with Crippen molar-refractivity contribution in [2.75, 3.05) is 0 Å². The molecule has 0 saturated heterocycles. The molecule has 2 rings (SSSR count). The lowest BCUT2D eigenvalue weighted by Gasteiger charge is -2.27. The number of ketones is 1. The molecule has 0 N–H and O–H groups in total. The summed E-state index contributed by atoms with van der Waals surface area (Å²) in [5, 5.41) is 0. The van der Waals surface area contributed by atoms with Crippen LogP contribution in [0, 0.1) is 18.8 Å². The number of hydrogen-bond acceptors (Lipinski definition) is 1. The van der Waals surface area contributed by atoms with Crippen molar-refractivity contribution in [1.82, 2.24) is 0 Å². The van der Waals surface area contributed by atoms with Crippen LogP contribution in [0.2, 0.25) is 0 Å². The van der Waals surface area contributed by atoms with Gasteiger partial charge in [-0.2, -0.15) is 0 Å². The first-order valence-corrected chi connectivity index (χ1v) is 7.77. The highest BCUT2D eigenvalue weighted by atomic mass is 16.1. The van der Waals surface area contributed by atoms with Crippen LogP contribution < -0.4 is 0 Å². The van der Waals surface area contributed by atoms with Gasteiger partial charge in [0.25, 0.3) is 0 Å². The lowest BCUT2D eigenvalue weighted by atomic mass is 9.77. The fourth-order valence-electron chi connectivity index (χ4n) is 3.18. The van der Waals surface area contributed by atoms with E-state index >= 15 is 0 Å². The Kier molecular flexibility index (Phi) is 5.18. The molecule has 1 aliphatic carbocycles. The number of benzene rings is 1. The largest absolute Gasteiger partial charge is 0.299 e. The van der Waals surface area contributed by atoms with E-state index in [0.717, 1.165) is 31.6 Å². The van der Waals surface area contributed by atoms with E-state index in [9.17, 15) is 4.79 Å². The Labute approximate surface area is 117 Å². The number of hydrogen-bond donors (Lipinski definition) is 0. The van der Waals surface area contributed by atoms with Crippen LogP contribution in [-0.2, 0) is 11.2 Å². The van der Waals surface area contributed by atoms with E-state index in [-0.39, 0.29) is 0 Å². The lowest BCUT2D eigenvalue weighted by Crippen LogP contribution is -2.23. The summed E-state index contributed by atoms with van der Waals surface area (Å²) < 4.78 is 0. The molecule has 0 aliphatic heterocycles. The fraction of sp³-hybridized carbons (Fsp3) is 0.611. The van der Waals surface area contributed by atoms with Gasteiger partial charge in [0.1, 0.15) is 5.78 Å². The van der Waals surface area contributed by atoms with Crippen molar-refractivity contribution in [1.29, 1.82) is 0 Å². The van der Waals surface area contributed by atoms with Gasteiger partial charge in [-0.3, -0.25) is 4.79 Å². The maximum Gasteiger partial charge on any atom is 0.136 e. The number of rotatable bonds is 5. The first-order chi connectivity index (χ1) is 9.19. The molecule has 1 saturated carbocycles. The second-order valence-corrected chi connectivity index (χ2v) is 6.09. The summed E-state index contributed by atoms with van der Waals surface area (Å²) in [5.74, 6) is 1.64. The van der Waals surface area contributed by atoms with Crippen molar-refractivity contribution < 1.29 is 4.79 Å². The summed E-state index contributed by atoms with van der Waals surface area (Å²) in [5.41, 5.74) is 2.58. The Balaban J connectivity index is 1.82. The average molecular weight is 258 g/mol. The predicted molar refractivity (Wildman–Crippen MR) is 80.2 cm³/mol. The SMILES string of the molecule is CCC1CCCC(C(=O)CCc2ccc(C)cc2)C1. The van der Waals surface area contributed by atoms with Gasteiger partial charge in [0, 0.05) is 12.3 Å². The predicted octanol–water partition coefficient (Wildman–Crippen LogP) is 4.71. The van der Waals surface area contributed by atoms with E-state index in [4.69, 9.17) is 0 Å². The Bertz CT molecular complexity index is 404. The molecule has 104 valence electrons. The van der Waals surface area contributed by atoms with Crippen LogP contribution in [-0.4, -0.2) is 5.78 Å². The molecule has 1 fully saturated rings. The zero-order valence-electron chi connectivity index (χ0n) is 12.3. The summed E-state index contributed by atoms with van der Waals surface area (Å²) in [6.07, 6.45) is 7.72. The number of aryl methyl sites for hydroxylation is 2. The van der Waals surface area contributed by atoms with Crippen molar-refractivity contribution in [3.63, 3.8) is 0 Å². The van der Waals surface area contributed by atoms with E-state index in [1.165, 1.54) is 30.4 Å². The molecule has 2 atom stereocenters. The van der Waals surface area contributed by atoms with Crippen molar-refractivity contribution in [2.24, 2.45) is 11.8 Å². The molecule has 1 aromatic rings. The minimum absolute atomic E-state index is 0.351. The number of carbonyl (C=O) groups excluding carboxylic acids is 1. The van der Waals surface area contributed by atoms with Crippen molar-refractivity contribution >= 4 is 5.78 Å². The van der Waals surface area contributed by atoms with E-state index in [1.807, 2.05) is 0 Å².